The predicted octanol–water partition coefficient (Wildman–Crippen LogP) is 4.88. The number of halogens is 1. The fourth-order valence-electron chi connectivity index (χ4n) is 2.16. The highest BCUT2D eigenvalue weighted by molar-refractivity contribution is 9.10. The Balaban J connectivity index is 2.06. The van der Waals surface area contributed by atoms with Crippen molar-refractivity contribution < 1.29 is 0 Å². The molecule has 20 heavy (non-hydrogen) atoms. The molecule has 3 rings (SSSR count). The Morgan fingerprint density at radius 3 is 2.05 bits per heavy atom. The Labute approximate surface area is 126 Å². The van der Waals surface area contributed by atoms with Crippen molar-refractivity contribution in [3.8, 4) is 22.3 Å². The molecule has 3 heteroatoms. The highest BCUT2D eigenvalue weighted by Crippen LogP contribution is 2.27. The van der Waals surface area contributed by atoms with Crippen molar-refractivity contribution in [2.24, 2.45) is 0 Å². The largest absolute Gasteiger partial charge is 0.264 e. The zero-order chi connectivity index (χ0) is 13.9. The van der Waals surface area contributed by atoms with Crippen molar-refractivity contribution in [2.45, 2.75) is 6.92 Å². The fraction of sp³-hybridized carbons (Fsp3) is 0.0588. The molecule has 2 heterocycles. The Morgan fingerprint density at radius 1 is 0.750 bits per heavy atom. The Morgan fingerprint density at radius 2 is 1.40 bits per heavy atom. The average Bonchev–Trinajstić information content (AvgIpc) is 2.47. The number of hydrogen-bond acceptors (Lipinski definition) is 2. The molecule has 2 aromatic heterocycles. The van der Waals surface area contributed by atoms with Gasteiger partial charge in [-0.3, -0.25) is 9.97 Å². The van der Waals surface area contributed by atoms with E-state index in [1.54, 1.807) is 6.20 Å². The number of aryl methyl sites for hydroxylation is 1. The van der Waals surface area contributed by atoms with E-state index in [9.17, 15) is 0 Å². The number of rotatable bonds is 2. The first-order valence-corrected chi connectivity index (χ1v) is 7.15. The number of nitrogens with zero attached hydrogens (tertiary/aromatic N) is 2. The first kappa shape index (κ1) is 13.0. The molecule has 0 aliphatic rings. The van der Waals surface area contributed by atoms with Gasteiger partial charge in [0.2, 0.25) is 0 Å². The van der Waals surface area contributed by atoms with E-state index in [2.05, 4.69) is 69.2 Å². The maximum absolute atomic E-state index is 4.26. The van der Waals surface area contributed by atoms with Crippen molar-refractivity contribution >= 4 is 15.9 Å². The lowest BCUT2D eigenvalue weighted by Gasteiger charge is -2.06. The molecule has 0 amide bonds. The van der Waals surface area contributed by atoms with Crippen molar-refractivity contribution in [1.82, 2.24) is 9.97 Å². The van der Waals surface area contributed by atoms with E-state index in [-0.39, 0.29) is 0 Å². The molecule has 0 atom stereocenters. The van der Waals surface area contributed by atoms with Crippen LogP contribution in [0.2, 0.25) is 0 Å². The minimum atomic E-state index is 0.984. The van der Waals surface area contributed by atoms with E-state index in [4.69, 9.17) is 0 Å². The van der Waals surface area contributed by atoms with Gasteiger partial charge in [0, 0.05) is 40.4 Å². The maximum Gasteiger partial charge on any atom is 0.0410 e. The molecular formula is C17H13BrN2. The van der Waals surface area contributed by atoms with Gasteiger partial charge in [0.15, 0.2) is 0 Å². The van der Waals surface area contributed by atoms with Crippen LogP contribution >= 0.6 is 15.9 Å². The third kappa shape index (κ3) is 2.78. The van der Waals surface area contributed by atoms with Gasteiger partial charge in [-0.25, -0.2) is 0 Å². The summed E-state index contributed by atoms with van der Waals surface area (Å²) in [6, 6.07) is 12.6. The zero-order valence-corrected chi connectivity index (χ0v) is 12.6. The predicted molar refractivity (Wildman–Crippen MR) is 85.3 cm³/mol. The van der Waals surface area contributed by atoms with E-state index >= 15 is 0 Å². The topological polar surface area (TPSA) is 25.8 Å². The van der Waals surface area contributed by atoms with Crippen molar-refractivity contribution in [1.29, 1.82) is 0 Å². The van der Waals surface area contributed by atoms with E-state index in [1.807, 2.05) is 18.6 Å². The molecule has 0 unspecified atom stereocenters. The minimum Gasteiger partial charge on any atom is -0.264 e. The molecule has 0 radical (unpaired) electrons. The second-order valence-electron chi connectivity index (χ2n) is 4.72. The monoisotopic (exact) mass is 324 g/mol. The molecule has 0 spiro atoms. The first-order valence-electron chi connectivity index (χ1n) is 6.35. The van der Waals surface area contributed by atoms with Gasteiger partial charge in [-0.05, 0) is 57.7 Å². The Bertz CT molecular complexity index is 692. The van der Waals surface area contributed by atoms with Crippen LogP contribution < -0.4 is 0 Å². The molecule has 0 saturated heterocycles. The van der Waals surface area contributed by atoms with Gasteiger partial charge in [-0.1, -0.05) is 18.2 Å². The lowest BCUT2D eigenvalue weighted by molar-refractivity contribution is 1.27. The molecule has 0 aliphatic carbocycles. The Kier molecular flexibility index (Phi) is 3.61. The number of pyridine rings is 2. The number of benzene rings is 1. The summed E-state index contributed by atoms with van der Waals surface area (Å²) in [5, 5.41) is 0. The summed E-state index contributed by atoms with van der Waals surface area (Å²) >= 11 is 3.46. The highest BCUT2D eigenvalue weighted by atomic mass is 79.9. The van der Waals surface area contributed by atoms with E-state index in [0.717, 1.165) is 26.7 Å². The van der Waals surface area contributed by atoms with Gasteiger partial charge in [0.05, 0.1) is 0 Å². The van der Waals surface area contributed by atoms with Gasteiger partial charge in [-0.15, -0.1) is 0 Å². The lowest BCUT2D eigenvalue weighted by Crippen LogP contribution is -1.85. The van der Waals surface area contributed by atoms with E-state index < -0.39 is 0 Å². The molecule has 3 aromatic rings. The molecule has 0 aliphatic heterocycles. The SMILES string of the molecule is Cc1cncc(-c2cccc(-c3cncc(Br)c3)c2)c1. The summed E-state index contributed by atoms with van der Waals surface area (Å²) in [5.74, 6) is 0. The molecule has 0 saturated carbocycles. The molecule has 0 N–H and O–H groups in total. The molecule has 0 bridgehead atoms. The summed E-state index contributed by atoms with van der Waals surface area (Å²) in [6.45, 7) is 2.05. The van der Waals surface area contributed by atoms with Gasteiger partial charge < -0.3 is 0 Å². The van der Waals surface area contributed by atoms with Crippen LogP contribution in [0.5, 0.6) is 0 Å². The van der Waals surface area contributed by atoms with Crippen LogP contribution in [0.25, 0.3) is 22.3 Å². The van der Waals surface area contributed by atoms with E-state index in [0.29, 0.717) is 0 Å². The lowest BCUT2D eigenvalue weighted by atomic mass is 10.0. The van der Waals surface area contributed by atoms with Crippen LogP contribution in [0, 0.1) is 6.92 Å². The smallest absolute Gasteiger partial charge is 0.0410 e. The van der Waals surface area contributed by atoms with Gasteiger partial charge >= 0.3 is 0 Å². The minimum absolute atomic E-state index is 0.984. The van der Waals surface area contributed by atoms with Crippen LogP contribution in [0.3, 0.4) is 0 Å². The van der Waals surface area contributed by atoms with Crippen LogP contribution in [0.1, 0.15) is 5.56 Å². The average molecular weight is 325 g/mol. The fourth-order valence-corrected chi connectivity index (χ4v) is 2.53. The summed E-state index contributed by atoms with van der Waals surface area (Å²) in [6.07, 6.45) is 7.42. The van der Waals surface area contributed by atoms with Crippen molar-refractivity contribution in [3.05, 3.63) is 71.2 Å². The summed E-state index contributed by atoms with van der Waals surface area (Å²) in [5.41, 5.74) is 5.71. The third-order valence-electron chi connectivity index (χ3n) is 3.11. The van der Waals surface area contributed by atoms with Crippen LogP contribution in [-0.2, 0) is 0 Å². The number of hydrogen-bond donors (Lipinski definition) is 0. The second kappa shape index (κ2) is 5.55. The first-order chi connectivity index (χ1) is 9.72. The van der Waals surface area contributed by atoms with Crippen LogP contribution in [0.4, 0.5) is 0 Å². The van der Waals surface area contributed by atoms with E-state index in [1.165, 1.54) is 5.56 Å². The van der Waals surface area contributed by atoms with Crippen molar-refractivity contribution in [2.75, 3.05) is 0 Å². The normalized spacial score (nSPS) is 10.5. The van der Waals surface area contributed by atoms with Gasteiger partial charge in [0.1, 0.15) is 0 Å². The quantitative estimate of drug-likeness (QED) is 0.671. The van der Waals surface area contributed by atoms with Crippen LogP contribution in [-0.4, -0.2) is 9.97 Å². The van der Waals surface area contributed by atoms with Gasteiger partial charge in [0.25, 0.3) is 0 Å². The highest BCUT2D eigenvalue weighted by Gasteiger charge is 2.03. The van der Waals surface area contributed by atoms with Crippen LogP contribution in [0.15, 0.2) is 65.7 Å². The van der Waals surface area contributed by atoms with Gasteiger partial charge in [-0.2, -0.15) is 0 Å². The zero-order valence-electron chi connectivity index (χ0n) is 11.0. The molecule has 2 nitrogen and oxygen atoms in total. The third-order valence-corrected chi connectivity index (χ3v) is 3.54. The second-order valence-corrected chi connectivity index (χ2v) is 5.64. The molecule has 1 aromatic carbocycles. The Hall–Kier alpha value is -2.00. The standard InChI is InChI=1S/C17H13BrN2/c1-12-5-15(9-19-8-12)13-3-2-4-14(6-13)16-7-17(18)11-20-10-16/h2-11H,1H3. The summed E-state index contributed by atoms with van der Waals surface area (Å²) in [7, 11) is 0. The summed E-state index contributed by atoms with van der Waals surface area (Å²) in [4.78, 5) is 8.48. The summed E-state index contributed by atoms with van der Waals surface area (Å²) < 4.78 is 0.984. The molecular weight excluding hydrogens is 312 g/mol. The number of aromatic nitrogens is 2. The molecule has 98 valence electrons. The van der Waals surface area contributed by atoms with Crippen molar-refractivity contribution in [3.63, 3.8) is 0 Å². The molecule has 0 fully saturated rings. The maximum atomic E-state index is 4.26.